The lowest BCUT2D eigenvalue weighted by atomic mass is 10.1. The number of rotatable bonds is 6. The third-order valence-electron chi connectivity index (χ3n) is 2.83. The summed E-state index contributed by atoms with van der Waals surface area (Å²) < 4.78 is 6.67. The molecule has 0 atom stereocenters. The summed E-state index contributed by atoms with van der Waals surface area (Å²) in [6, 6.07) is 12.7. The van der Waals surface area contributed by atoms with Gasteiger partial charge in [-0.2, -0.15) is 0 Å². The number of benzene rings is 2. The molecule has 0 saturated carbocycles. The van der Waals surface area contributed by atoms with E-state index >= 15 is 0 Å². The molecule has 0 aliphatic heterocycles. The van der Waals surface area contributed by atoms with Crippen LogP contribution in [-0.4, -0.2) is 19.8 Å². The van der Waals surface area contributed by atoms with Crippen LogP contribution in [0.15, 0.2) is 40.9 Å². The monoisotopic (exact) mass is 321 g/mol. The molecule has 0 aromatic heterocycles. The summed E-state index contributed by atoms with van der Waals surface area (Å²) in [5, 5.41) is 5.88. The smallest absolute Gasteiger partial charge is 0.0639 e. The van der Waals surface area contributed by atoms with Crippen molar-refractivity contribution in [1.82, 2.24) is 0 Å². The Hall–Kier alpha value is -1.06. The summed E-state index contributed by atoms with van der Waals surface area (Å²) in [6.45, 7) is 6.74. The minimum Gasteiger partial charge on any atom is -0.383 e. The first-order valence-corrected chi connectivity index (χ1v) is 7.45. The van der Waals surface area contributed by atoms with Crippen LogP contribution >= 0.6 is 15.9 Å². The standard InChI is InChI=1S/C16H20BrNO/c1-12(2)11-19-8-7-18-16-6-4-13-9-15(17)5-3-14(13)10-16/h3-6,9-10,12,18H,7-8,11H2,1-2H3. The maximum absolute atomic E-state index is 5.55. The predicted molar refractivity (Wildman–Crippen MR) is 85.8 cm³/mol. The lowest BCUT2D eigenvalue weighted by Gasteiger charge is -2.09. The molecule has 2 nitrogen and oxygen atoms in total. The molecule has 0 fully saturated rings. The van der Waals surface area contributed by atoms with Crippen LogP contribution in [0, 0.1) is 5.92 Å². The van der Waals surface area contributed by atoms with Crippen molar-refractivity contribution in [3.8, 4) is 0 Å². The van der Waals surface area contributed by atoms with Gasteiger partial charge in [-0.1, -0.05) is 41.9 Å². The number of nitrogens with one attached hydrogen (secondary N) is 1. The number of hydrogen-bond donors (Lipinski definition) is 1. The Morgan fingerprint density at radius 1 is 1.11 bits per heavy atom. The Balaban J connectivity index is 1.89. The van der Waals surface area contributed by atoms with Crippen LogP contribution in [0.2, 0.25) is 0 Å². The van der Waals surface area contributed by atoms with Gasteiger partial charge in [0.1, 0.15) is 0 Å². The largest absolute Gasteiger partial charge is 0.383 e. The van der Waals surface area contributed by atoms with E-state index < -0.39 is 0 Å². The molecule has 0 bridgehead atoms. The quantitative estimate of drug-likeness (QED) is 0.779. The van der Waals surface area contributed by atoms with E-state index in [9.17, 15) is 0 Å². The fraction of sp³-hybridized carbons (Fsp3) is 0.375. The zero-order chi connectivity index (χ0) is 13.7. The molecule has 1 N–H and O–H groups in total. The highest BCUT2D eigenvalue weighted by Gasteiger charge is 1.98. The number of fused-ring (bicyclic) bond motifs is 1. The topological polar surface area (TPSA) is 21.3 Å². The predicted octanol–water partition coefficient (Wildman–Crippen LogP) is 4.69. The van der Waals surface area contributed by atoms with Crippen molar-refractivity contribution in [3.63, 3.8) is 0 Å². The Kier molecular flexibility index (Phi) is 5.23. The maximum atomic E-state index is 5.55. The SMILES string of the molecule is CC(C)COCCNc1ccc2cc(Br)ccc2c1. The highest BCUT2D eigenvalue weighted by molar-refractivity contribution is 9.10. The van der Waals surface area contributed by atoms with Gasteiger partial charge < -0.3 is 10.1 Å². The number of ether oxygens (including phenoxy) is 1. The molecular weight excluding hydrogens is 302 g/mol. The molecule has 19 heavy (non-hydrogen) atoms. The molecule has 2 aromatic carbocycles. The van der Waals surface area contributed by atoms with E-state index in [-0.39, 0.29) is 0 Å². The molecule has 0 amide bonds. The van der Waals surface area contributed by atoms with E-state index in [1.807, 2.05) is 0 Å². The summed E-state index contributed by atoms with van der Waals surface area (Å²) in [5.74, 6) is 0.596. The van der Waals surface area contributed by atoms with E-state index in [1.54, 1.807) is 0 Å². The van der Waals surface area contributed by atoms with Crippen molar-refractivity contribution < 1.29 is 4.74 Å². The minimum absolute atomic E-state index is 0.596. The number of halogens is 1. The molecule has 102 valence electrons. The molecule has 2 rings (SSSR count). The van der Waals surface area contributed by atoms with Gasteiger partial charge in [-0.25, -0.2) is 0 Å². The molecule has 0 spiro atoms. The van der Waals surface area contributed by atoms with Crippen molar-refractivity contribution >= 4 is 32.4 Å². The van der Waals surface area contributed by atoms with Gasteiger partial charge >= 0.3 is 0 Å². The first-order valence-electron chi connectivity index (χ1n) is 6.66. The zero-order valence-corrected chi connectivity index (χ0v) is 13.0. The second kappa shape index (κ2) is 6.92. The molecule has 0 radical (unpaired) electrons. The van der Waals surface area contributed by atoms with E-state index in [1.165, 1.54) is 10.8 Å². The summed E-state index contributed by atoms with van der Waals surface area (Å²) in [5.41, 5.74) is 1.14. The summed E-state index contributed by atoms with van der Waals surface area (Å²) >= 11 is 3.49. The lowest BCUT2D eigenvalue weighted by Crippen LogP contribution is -2.12. The van der Waals surface area contributed by atoms with Gasteiger partial charge in [0.15, 0.2) is 0 Å². The Bertz CT molecular complexity index is 539. The van der Waals surface area contributed by atoms with Crippen LogP contribution in [0.3, 0.4) is 0 Å². The highest BCUT2D eigenvalue weighted by Crippen LogP contribution is 2.22. The van der Waals surface area contributed by atoms with Gasteiger partial charge in [0.05, 0.1) is 6.61 Å². The average Bonchev–Trinajstić information content (AvgIpc) is 2.38. The molecule has 0 unspecified atom stereocenters. The zero-order valence-electron chi connectivity index (χ0n) is 11.4. The van der Waals surface area contributed by atoms with Gasteiger partial charge in [-0.15, -0.1) is 0 Å². The molecule has 0 heterocycles. The molecule has 3 heteroatoms. The molecule has 0 aliphatic carbocycles. The van der Waals surface area contributed by atoms with Gasteiger partial charge in [-0.3, -0.25) is 0 Å². The lowest BCUT2D eigenvalue weighted by molar-refractivity contribution is 0.118. The van der Waals surface area contributed by atoms with Gasteiger partial charge in [0.2, 0.25) is 0 Å². The second-order valence-electron chi connectivity index (χ2n) is 5.10. The Morgan fingerprint density at radius 3 is 2.63 bits per heavy atom. The summed E-state index contributed by atoms with van der Waals surface area (Å²) in [4.78, 5) is 0. The van der Waals surface area contributed by atoms with Gasteiger partial charge in [0, 0.05) is 23.3 Å². The van der Waals surface area contributed by atoms with Gasteiger partial charge in [-0.05, 0) is 41.0 Å². The fourth-order valence-corrected chi connectivity index (χ4v) is 2.29. The maximum Gasteiger partial charge on any atom is 0.0639 e. The van der Waals surface area contributed by atoms with Crippen molar-refractivity contribution in [3.05, 3.63) is 40.9 Å². The molecule has 0 saturated heterocycles. The van der Waals surface area contributed by atoms with Crippen LogP contribution in [-0.2, 0) is 4.74 Å². The van der Waals surface area contributed by atoms with Crippen LogP contribution in [0.4, 0.5) is 5.69 Å². The molecular formula is C16H20BrNO. The number of hydrogen-bond acceptors (Lipinski definition) is 2. The van der Waals surface area contributed by atoms with Crippen LogP contribution in [0.5, 0.6) is 0 Å². The van der Waals surface area contributed by atoms with Crippen molar-refractivity contribution in [2.45, 2.75) is 13.8 Å². The van der Waals surface area contributed by atoms with Crippen LogP contribution in [0.25, 0.3) is 10.8 Å². The van der Waals surface area contributed by atoms with Crippen LogP contribution in [0.1, 0.15) is 13.8 Å². The van der Waals surface area contributed by atoms with Crippen molar-refractivity contribution in [1.29, 1.82) is 0 Å². The normalized spacial score (nSPS) is 11.2. The van der Waals surface area contributed by atoms with Crippen molar-refractivity contribution in [2.75, 3.05) is 25.1 Å². The number of anilines is 1. The second-order valence-corrected chi connectivity index (χ2v) is 6.02. The first-order chi connectivity index (χ1) is 9.15. The van der Waals surface area contributed by atoms with E-state index in [2.05, 4.69) is 71.5 Å². The van der Waals surface area contributed by atoms with E-state index in [0.29, 0.717) is 5.92 Å². The van der Waals surface area contributed by atoms with Crippen molar-refractivity contribution in [2.24, 2.45) is 5.92 Å². The minimum atomic E-state index is 0.596. The third kappa shape index (κ3) is 4.51. The summed E-state index contributed by atoms with van der Waals surface area (Å²) in [6.07, 6.45) is 0. The Morgan fingerprint density at radius 2 is 1.84 bits per heavy atom. The fourth-order valence-electron chi connectivity index (χ4n) is 1.91. The third-order valence-corrected chi connectivity index (χ3v) is 3.32. The van der Waals surface area contributed by atoms with E-state index in [0.717, 1.165) is 29.9 Å². The van der Waals surface area contributed by atoms with Crippen LogP contribution < -0.4 is 5.32 Å². The average molecular weight is 322 g/mol. The summed E-state index contributed by atoms with van der Waals surface area (Å²) in [7, 11) is 0. The Labute approximate surface area is 123 Å². The highest BCUT2D eigenvalue weighted by atomic mass is 79.9. The van der Waals surface area contributed by atoms with Gasteiger partial charge in [0.25, 0.3) is 0 Å². The molecule has 2 aromatic rings. The van der Waals surface area contributed by atoms with E-state index in [4.69, 9.17) is 4.74 Å². The molecule has 0 aliphatic rings. The first kappa shape index (κ1) is 14.4.